The lowest BCUT2D eigenvalue weighted by Gasteiger charge is -2.32. The highest BCUT2D eigenvalue weighted by Gasteiger charge is 2.43. The molecule has 1 aliphatic carbocycles. The monoisotopic (exact) mass is 336 g/mol. The molecule has 1 saturated heterocycles. The van der Waals surface area contributed by atoms with Crippen molar-refractivity contribution in [3.8, 4) is 0 Å². The topological polar surface area (TPSA) is 32.3 Å². The second-order valence-electron chi connectivity index (χ2n) is 6.12. The fourth-order valence-corrected chi connectivity index (χ4v) is 3.37. The van der Waals surface area contributed by atoms with Crippen molar-refractivity contribution in [1.29, 1.82) is 0 Å². The van der Waals surface area contributed by atoms with Crippen molar-refractivity contribution >= 4 is 21.8 Å². The normalized spacial score (nSPS) is 25.7. The van der Waals surface area contributed by atoms with E-state index in [0.29, 0.717) is 12.6 Å². The summed E-state index contributed by atoms with van der Waals surface area (Å²) < 4.78 is 1.09. The molecule has 1 unspecified atom stereocenters. The van der Waals surface area contributed by atoms with Crippen LogP contribution in [0.2, 0.25) is 0 Å². The molecule has 20 heavy (non-hydrogen) atoms. The van der Waals surface area contributed by atoms with Gasteiger partial charge >= 0.3 is 0 Å². The van der Waals surface area contributed by atoms with Gasteiger partial charge in [0.15, 0.2) is 0 Å². The quantitative estimate of drug-likeness (QED) is 0.916. The van der Waals surface area contributed by atoms with Gasteiger partial charge in [0.25, 0.3) is 0 Å². The largest absolute Gasteiger partial charge is 0.334 e. The summed E-state index contributed by atoms with van der Waals surface area (Å²) in [7, 11) is 0. The maximum Gasteiger partial charge on any atom is 0.243 e. The lowest BCUT2D eigenvalue weighted by Crippen LogP contribution is -2.53. The first-order valence-electron chi connectivity index (χ1n) is 7.40. The molecule has 4 heteroatoms. The SMILES string of the molecule is CC1(C(=O)N(Cc2ccccc2Br)C2CC2)CCCN1. The van der Waals surface area contributed by atoms with Crippen LogP contribution in [0, 0.1) is 0 Å². The Morgan fingerprint density at radius 1 is 1.45 bits per heavy atom. The molecule has 3 rings (SSSR count). The number of hydrogen-bond acceptors (Lipinski definition) is 2. The maximum absolute atomic E-state index is 12.9. The maximum atomic E-state index is 12.9. The summed E-state index contributed by atoms with van der Waals surface area (Å²) in [6.45, 7) is 3.72. The second kappa shape index (κ2) is 5.49. The number of rotatable bonds is 4. The van der Waals surface area contributed by atoms with E-state index >= 15 is 0 Å². The third-order valence-electron chi connectivity index (χ3n) is 4.39. The second-order valence-corrected chi connectivity index (χ2v) is 6.97. The zero-order valence-corrected chi connectivity index (χ0v) is 13.4. The summed E-state index contributed by atoms with van der Waals surface area (Å²) in [4.78, 5) is 15.0. The number of halogens is 1. The summed E-state index contributed by atoms with van der Waals surface area (Å²) in [5.41, 5.74) is 0.832. The van der Waals surface area contributed by atoms with Gasteiger partial charge in [-0.25, -0.2) is 0 Å². The standard InChI is InChI=1S/C16H21BrN2O/c1-16(9-4-10-18-16)15(20)19(13-7-8-13)11-12-5-2-3-6-14(12)17/h2-3,5-6,13,18H,4,7-11H2,1H3. The molecule has 108 valence electrons. The van der Waals surface area contributed by atoms with Gasteiger partial charge in [-0.3, -0.25) is 4.79 Å². The fourth-order valence-electron chi connectivity index (χ4n) is 2.96. The van der Waals surface area contributed by atoms with Crippen molar-refractivity contribution in [2.45, 2.75) is 50.7 Å². The number of carbonyl (C=O) groups excluding carboxylic acids is 1. The molecule has 2 aliphatic rings. The first kappa shape index (κ1) is 14.1. The van der Waals surface area contributed by atoms with Crippen LogP contribution in [0.15, 0.2) is 28.7 Å². The minimum absolute atomic E-state index is 0.272. The molecule has 1 aromatic carbocycles. The molecule has 1 heterocycles. The molecule has 0 radical (unpaired) electrons. The van der Waals surface area contributed by atoms with Crippen molar-refractivity contribution in [1.82, 2.24) is 10.2 Å². The van der Waals surface area contributed by atoms with E-state index in [1.165, 1.54) is 5.56 Å². The number of amides is 1. The third-order valence-corrected chi connectivity index (χ3v) is 5.16. The number of nitrogens with zero attached hydrogens (tertiary/aromatic N) is 1. The molecule has 3 nitrogen and oxygen atoms in total. The molecule has 2 fully saturated rings. The number of hydrogen-bond donors (Lipinski definition) is 1. The molecular formula is C16H21BrN2O. The van der Waals surface area contributed by atoms with E-state index in [1.54, 1.807) is 0 Å². The Kier molecular flexibility index (Phi) is 3.87. The van der Waals surface area contributed by atoms with Crippen LogP contribution in [0.4, 0.5) is 0 Å². The Hall–Kier alpha value is -0.870. The van der Waals surface area contributed by atoms with E-state index in [9.17, 15) is 4.79 Å². The summed E-state index contributed by atoms with van der Waals surface area (Å²) in [5.74, 6) is 0.272. The highest BCUT2D eigenvalue weighted by atomic mass is 79.9. The van der Waals surface area contributed by atoms with Gasteiger partial charge in [-0.05, 0) is 50.8 Å². The van der Waals surface area contributed by atoms with Gasteiger partial charge in [0, 0.05) is 17.1 Å². The Labute approximate surface area is 128 Å². The summed E-state index contributed by atoms with van der Waals surface area (Å²) >= 11 is 3.59. The predicted octanol–water partition coefficient (Wildman–Crippen LogP) is 3.08. The van der Waals surface area contributed by atoms with Crippen LogP contribution >= 0.6 is 15.9 Å². The zero-order chi connectivity index (χ0) is 14.2. The van der Waals surface area contributed by atoms with Crippen LogP contribution in [0.25, 0.3) is 0 Å². The highest BCUT2D eigenvalue weighted by molar-refractivity contribution is 9.10. The zero-order valence-electron chi connectivity index (χ0n) is 11.9. The van der Waals surface area contributed by atoms with Crippen molar-refractivity contribution in [2.24, 2.45) is 0 Å². The Morgan fingerprint density at radius 3 is 2.80 bits per heavy atom. The Bertz CT molecular complexity index is 507. The van der Waals surface area contributed by atoms with Crippen LogP contribution in [0.1, 0.15) is 38.2 Å². The van der Waals surface area contributed by atoms with Gasteiger partial charge in [0.1, 0.15) is 0 Å². The fraction of sp³-hybridized carbons (Fsp3) is 0.562. The lowest BCUT2D eigenvalue weighted by molar-refractivity contribution is -0.138. The third kappa shape index (κ3) is 2.77. The van der Waals surface area contributed by atoms with Crippen LogP contribution in [-0.4, -0.2) is 28.9 Å². The van der Waals surface area contributed by atoms with Crippen LogP contribution in [0.3, 0.4) is 0 Å². The van der Waals surface area contributed by atoms with E-state index in [2.05, 4.69) is 39.1 Å². The average Bonchev–Trinajstić information content (AvgIpc) is 3.19. The Balaban J connectivity index is 1.79. The first-order valence-corrected chi connectivity index (χ1v) is 8.19. The number of carbonyl (C=O) groups is 1. The van der Waals surface area contributed by atoms with E-state index < -0.39 is 0 Å². The molecule has 1 atom stereocenters. The van der Waals surface area contributed by atoms with E-state index in [4.69, 9.17) is 0 Å². The van der Waals surface area contributed by atoms with Crippen molar-refractivity contribution in [3.05, 3.63) is 34.3 Å². The molecule has 0 aromatic heterocycles. The minimum Gasteiger partial charge on any atom is -0.334 e. The van der Waals surface area contributed by atoms with Crippen molar-refractivity contribution in [3.63, 3.8) is 0 Å². The van der Waals surface area contributed by atoms with Crippen molar-refractivity contribution < 1.29 is 4.79 Å². The molecule has 1 aromatic rings. The van der Waals surface area contributed by atoms with Gasteiger partial charge in [0.2, 0.25) is 5.91 Å². The Morgan fingerprint density at radius 2 is 2.20 bits per heavy atom. The van der Waals surface area contributed by atoms with Gasteiger partial charge in [-0.2, -0.15) is 0 Å². The summed E-state index contributed by atoms with van der Waals surface area (Å²) in [6, 6.07) is 8.62. The highest BCUT2D eigenvalue weighted by Crippen LogP contribution is 2.33. The molecule has 1 N–H and O–H groups in total. The van der Waals surface area contributed by atoms with Crippen molar-refractivity contribution in [2.75, 3.05) is 6.54 Å². The van der Waals surface area contributed by atoms with E-state index in [0.717, 1.165) is 36.7 Å². The smallest absolute Gasteiger partial charge is 0.243 e. The number of benzene rings is 1. The number of nitrogens with one attached hydrogen (secondary N) is 1. The van der Waals surface area contributed by atoms with E-state index in [1.807, 2.05) is 18.2 Å². The molecular weight excluding hydrogens is 316 g/mol. The van der Waals surface area contributed by atoms with Gasteiger partial charge in [0.05, 0.1) is 5.54 Å². The van der Waals surface area contributed by atoms with E-state index in [-0.39, 0.29) is 11.4 Å². The molecule has 0 bridgehead atoms. The van der Waals surface area contributed by atoms with Crippen LogP contribution in [-0.2, 0) is 11.3 Å². The lowest BCUT2D eigenvalue weighted by atomic mass is 9.98. The van der Waals surface area contributed by atoms with Crippen LogP contribution in [0.5, 0.6) is 0 Å². The first-order chi connectivity index (χ1) is 9.60. The van der Waals surface area contributed by atoms with Gasteiger partial charge in [-0.1, -0.05) is 34.1 Å². The molecule has 1 aliphatic heterocycles. The molecule has 0 spiro atoms. The van der Waals surface area contributed by atoms with Gasteiger partial charge < -0.3 is 10.2 Å². The summed E-state index contributed by atoms with van der Waals surface area (Å²) in [6.07, 6.45) is 4.33. The minimum atomic E-state index is -0.357. The van der Waals surface area contributed by atoms with Gasteiger partial charge in [-0.15, -0.1) is 0 Å². The summed E-state index contributed by atoms with van der Waals surface area (Å²) in [5, 5.41) is 3.39. The molecule has 1 saturated carbocycles. The van der Waals surface area contributed by atoms with Crippen LogP contribution < -0.4 is 5.32 Å². The average molecular weight is 337 g/mol. The molecule has 1 amide bonds. The predicted molar refractivity (Wildman–Crippen MR) is 83.4 cm³/mol.